The zero-order chi connectivity index (χ0) is 17.9. The Kier molecular flexibility index (Phi) is 6.20. The predicted molar refractivity (Wildman–Crippen MR) is 95.9 cm³/mol. The molecular weight excluding hydrogens is 495 g/mol. The SMILES string of the molecule is COC(=O)C1=C(C(=O)OC)N(c2c(I)cc(Br)cc2C#N)COC1. The molecule has 1 aromatic rings. The van der Waals surface area contributed by atoms with Crippen LogP contribution in [-0.4, -0.2) is 39.5 Å². The minimum Gasteiger partial charge on any atom is -0.466 e. The summed E-state index contributed by atoms with van der Waals surface area (Å²) in [4.78, 5) is 25.7. The van der Waals surface area contributed by atoms with Gasteiger partial charge in [-0.15, -0.1) is 0 Å². The normalized spacial score (nSPS) is 14.2. The van der Waals surface area contributed by atoms with Crippen LogP contribution >= 0.6 is 38.5 Å². The Labute approximate surface area is 160 Å². The number of hydrogen-bond donors (Lipinski definition) is 0. The van der Waals surface area contributed by atoms with Crippen LogP contribution < -0.4 is 4.90 Å². The number of benzene rings is 1. The molecule has 0 fully saturated rings. The maximum absolute atomic E-state index is 12.3. The molecule has 1 aliphatic rings. The van der Waals surface area contributed by atoms with Crippen molar-refractivity contribution in [3.05, 3.63) is 37.0 Å². The highest BCUT2D eigenvalue weighted by molar-refractivity contribution is 14.1. The predicted octanol–water partition coefficient (Wildman–Crippen LogP) is 2.32. The summed E-state index contributed by atoms with van der Waals surface area (Å²) < 4.78 is 16.4. The van der Waals surface area contributed by atoms with E-state index < -0.39 is 11.9 Å². The van der Waals surface area contributed by atoms with Crippen LogP contribution in [0.25, 0.3) is 0 Å². The van der Waals surface area contributed by atoms with Crippen molar-refractivity contribution in [1.82, 2.24) is 0 Å². The third kappa shape index (κ3) is 3.55. The first-order valence-electron chi connectivity index (χ1n) is 6.58. The van der Waals surface area contributed by atoms with E-state index in [1.165, 1.54) is 19.1 Å². The molecule has 1 aromatic carbocycles. The highest BCUT2D eigenvalue weighted by Gasteiger charge is 2.34. The van der Waals surface area contributed by atoms with Crippen molar-refractivity contribution in [3.8, 4) is 6.07 Å². The largest absolute Gasteiger partial charge is 0.466 e. The topological polar surface area (TPSA) is 88.9 Å². The fourth-order valence-electron chi connectivity index (χ4n) is 2.25. The van der Waals surface area contributed by atoms with Crippen molar-refractivity contribution < 1.29 is 23.8 Å². The third-order valence-electron chi connectivity index (χ3n) is 3.25. The molecule has 0 bridgehead atoms. The Morgan fingerprint density at radius 2 is 2.00 bits per heavy atom. The fraction of sp³-hybridized carbons (Fsp3) is 0.267. The number of carbonyl (C=O) groups excluding carboxylic acids is 2. The summed E-state index contributed by atoms with van der Waals surface area (Å²) in [5, 5.41) is 9.44. The molecule has 0 unspecified atom stereocenters. The molecule has 24 heavy (non-hydrogen) atoms. The van der Waals surface area contributed by atoms with Gasteiger partial charge in [-0.3, -0.25) is 0 Å². The van der Waals surface area contributed by atoms with Crippen molar-refractivity contribution in [2.75, 3.05) is 32.5 Å². The second-order valence-electron chi connectivity index (χ2n) is 4.61. The summed E-state index contributed by atoms with van der Waals surface area (Å²) in [6, 6.07) is 5.50. The van der Waals surface area contributed by atoms with E-state index in [-0.39, 0.29) is 24.6 Å². The number of esters is 2. The summed E-state index contributed by atoms with van der Waals surface area (Å²) in [5.41, 5.74) is 0.832. The quantitative estimate of drug-likeness (QED) is 0.459. The first-order valence-corrected chi connectivity index (χ1v) is 8.46. The second kappa shape index (κ2) is 7.96. The molecular formula is C15H12BrIN2O5. The van der Waals surface area contributed by atoms with Crippen LogP contribution in [0.5, 0.6) is 0 Å². The minimum atomic E-state index is -0.707. The number of rotatable bonds is 3. The van der Waals surface area contributed by atoms with E-state index in [0.29, 0.717) is 14.8 Å². The van der Waals surface area contributed by atoms with Crippen molar-refractivity contribution in [2.24, 2.45) is 0 Å². The van der Waals surface area contributed by atoms with Crippen LogP contribution in [-0.2, 0) is 23.8 Å². The van der Waals surface area contributed by atoms with Crippen molar-refractivity contribution in [3.63, 3.8) is 0 Å². The molecule has 0 amide bonds. The molecule has 0 N–H and O–H groups in total. The van der Waals surface area contributed by atoms with Crippen molar-refractivity contribution >= 4 is 56.1 Å². The van der Waals surface area contributed by atoms with Gasteiger partial charge in [0.1, 0.15) is 18.5 Å². The molecule has 126 valence electrons. The van der Waals surface area contributed by atoms with Gasteiger partial charge in [-0.1, -0.05) is 15.9 Å². The second-order valence-corrected chi connectivity index (χ2v) is 6.69. The van der Waals surface area contributed by atoms with Crippen LogP contribution in [0, 0.1) is 14.9 Å². The van der Waals surface area contributed by atoms with Gasteiger partial charge in [-0.05, 0) is 34.7 Å². The van der Waals surface area contributed by atoms with E-state index in [9.17, 15) is 14.9 Å². The molecule has 1 aliphatic heterocycles. The van der Waals surface area contributed by atoms with Crippen LogP contribution in [0.1, 0.15) is 5.56 Å². The van der Waals surface area contributed by atoms with Gasteiger partial charge in [0, 0.05) is 8.04 Å². The number of anilines is 1. The smallest absolute Gasteiger partial charge is 0.355 e. The number of halogens is 2. The Morgan fingerprint density at radius 3 is 2.58 bits per heavy atom. The van der Waals surface area contributed by atoms with E-state index in [4.69, 9.17) is 14.2 Å². The molecule has 0 spiro atoms. The van der Waals surface area contributed by atoms with Crippen LogP contribution in [0.3, 0.4) is 0 Å². The molecule has 1 heterocycles. The lowest BCUT2D eigenvalue weighted by atomic mass is 10.1. The van der Waals surface area contributed by atoms with Gasteiger partial charge in [-0.2, -0.15) is 5.26 Å². The van der Waals surface area contributed by atoms with Crippen molar-refractivity contribution in [2.45, 2.75) is 0 Å². The summed E-state index contributed by atoms with van der Waals surface area (Å²) in [6.45, 7) is -0.0835. The molecule has 2 rings (SSSR count). The number of ether oxygens (including phenoxy) is 3. The average Bonchev–Trinajstić information content (AvgIpc) is 2.59. The summed E-state index contributed by atoms with van der Waals surface area (Å²) >= 11 is 5.38. The summed E-state index contributed by atoms with van der Waals surface area (Å²) in [6.07, 6.45) is 0. The average molecular weight is 507 g/mol. The molecule has 0 atom stereocenters. The standard InChI is InChI=1S/C15H12BrIN2O5/c1-22-14(20)10-6-24-7-19(13(10)15(21)23-2)12-8(5-18)3-9(16)4-11(12)17/h3-4H,6-7H2,1-2H3. The maximum Gasteiger partial charge on any atom is 0.355 e. The van der Waals surface area contributed by atoms with E-state index in [2.05, 4.69) is 22.0 Å². The number of nitriles is 1. The molecule has 9 heteroatoms. The molecule has 7 nitrogen and oxygen atoms in total. The number of nitrogens with zero attached hydrogens (tertiary/aromatic N) is 2. The lowest BCUT2D eigenvalue weighted by Gasteiger charge is -2.32. The van der Waals surface area contributed by atoms with Gasteiger partial charge < -0.3 is 19.1 Å². The zero-order valence-electron chi connectivity index (χ0n) is 12.8. The summed E-state index contributed by atoms with van der Waals surface area (Å²) in [7, 11) is 2.43. The van der Waals surface area contributed by atoms with Gasteiger partial charge in [-0.25, -0.2) is 9.59 Å². The van der Waals surface area contributed by atoms with Crippen LogP contribution in [0.4, 0.5) is 5.69 Å². The number of carbonyl (C=O) groups is 2. The van der Waals surface area contributed by atoms with E-state index in [1.807, 2.05) is 22.6 Å². The Morgan fingerprint density at radius 1 is 1.33 bits per heavy atom. The van der Waals surface area contributed by atoms with Crippen molar-refractivity contribution in [1.29, 1.82) is 5.26 Å². The highest BCUT2D eigenvalue weighted by atomic mass is 127. The first-order chi connectivity index (χ1) is 11.4. The van der Waals surface area contributed by atoms with Crippen LogP contribution in [0.2, 0.25) is 0 Å². The van der Waals surface area contributed by atoms with E-state index in [1.54, 1.807) is 12.1 Å². The molecule has 0 saturated heterocycles. The van der Waals surface area contributed by atoms with Gasteiger partial charge in [0.05, 0.1) is 37.7 Å². The fourth-order valence-corrected chi connectivity index (χ4v) is 4.05. The highest BCUT2D eigenvalue weighted by Crippen LogP contribution is 2.35. The number of hydrogen-bond acceptors (Lipinski definition) is 7. The Balaban J connectivity index is 2.71. The molecule has 0 aromatic heterocycles. The zero-order valence-corrected chi connectivity index (χ0v) is 16.5. The summed E-state index contributed by atoms with van der Waals surface area (Å²) in [5.74, 6) is -1.40. The molecule has 0 saturated carbocycles. The van der Waals surface area contributed by atoms with Gasteiger partial charge >= 0.3 is 11.9 Å². The first kappa shape index (κ1) is 18.7. The van der Waals surface area contributed by atoms with E-state index >= 15 is 0 Å². The Hall–Kier alpha value is -1.64. The monoisotopic (exact) mass is 506 g/mol. The maximum atomic E-state index is 12.3. The molecule has 0 radical (unpaired) electrons. The third-order valence-corrected chi connectivity index (χ3v) is 4.53. The van der Waals surface area contributed by atoms with Gasteiger partial charge in [0.2, 0.25) is 0 Å². The molecule has 0 aliphatic carbocycles. The van der Waals surface area contributed by atoms with Crippen LogP contribution in [0.15, 0.2) is 27.9 Å². The van der Waals surface area contributed by atoms with Gasteiger partial charge in [0.15, 0.2) is 0 Å². The Bertz CT molecular complexity index is 772. The number of methoxy groups -OCH3 is 2. The van der Waals surface area contributed by atoms with E-state index in [0.717, 1.165) is 4.47 Å². The minimum absolute atomic E-state index is 0.00274. The van der Waals surface area contributed by atoms with Gasteiger partial charge in [0.25, 0.3) is 0 Å². The lowest BCUT2D eigenvalue weighted by Crippen LogP contribution is -2.39. The lowest BCUT2D eigenvalue weighted by molar-refractivity contribution is -0.140.